The first-order chi connectivity index (χ1) is 67.3. The number of aldehydes is 2. The van der Waals surface area contributed by atoms with Crippen molar-refractivity contribution in [3.8, 4) is 33.4 Å². The van der Waals surface area contributed by atoms with Crippen molar-refractivity contribution < 1.29 is 96.8 Å². The molecule has 3 N–H and O–H groups in total. The molecule has 21 rings (SSSR count). The average Bonchev–Trinajstić information content (AvgIpc) is 1.46. The van der Waals surface area contributed by atoms with E-state index in [1.54, 1.807) is 66.5 Å². The largest absolute Gasteiger partial charge is 0.418 e. The average molecular weight is 2180 g/mol. The minimum atomic E-state index is -4.76. The summed E-state index contributed by atoms with van der Waals surface area (Å²) in [7, 11) is 5.70. The number of likely N-dealkylation sites (tertiary alicyclic amines) is 1. The van der Waals surface area contributed by atoms with Crippen LogP contribution in [0.1, 0.15) is 90.8 Å². The Labute approximate surface area is 820 Å². The van der Waals surface area contributed by atoms with E-state index in [2.05, 4.69) is 184 Å². The Balaban J connectivity index is 0.000000125. The second kappa shape index (κ2) is 45.0. The topological polar surface area (TPSA) is 380 Å². The van der Waals surface area contributed by atoms with E-state index >= 15 is 0 Å². The van der Waals surface area contributed by atoms with Crippen molar-refractivity contribution in [1.82, 2.24) is 77.1 Å². The molecular weight excluding hydrogens is 2100 g/mol. The second-order valence-corrected chi connectivity index (χ2v) is 35.2. The van der Waals surface area contributed by atoms with Gasteiger partial charge in [-0.25, -0.2) is 32.4 Å². The van der Waals surface area contributed by atoms with Gasteiger partial charge in [0.25, 0.3) is 0 Å². The highest BCUT2D eigenvalue weighted by Gasteiger charge is 2.42. The standard InChI is InChI=1S/C19H18F3N3O2.C16H14F3N3O2.C15H13N3O2.C14H12BrN3O.C14H9F3N2O2.C13H7BrN2O2.C6H2Br2N2O/c20-19(21,22)18(26)13-5-3-4-12(8-13)14-9-15(11-25-6-1-2-7-25)17-16(10-14)23-27-24-17;1-22(9-10-5-3-2-4-6-10)13-8-11(15(23)16(17,18)19)7-12-14(13)21-24-20-12;1-18(9-11-5-3-2-4-6-11)14-8-12(10-19)7-13-15(14)17-20-16-13;1-18(9-10-5-3-2-4-6-10)13-8-11(15)7-12-14(13)17-19-16-12;15-14(16,17)13(20)10-3-1-2-8(6-10)9-4-5-11-12(7-9)19-21-18-11;14-11-5-10(6-12-13(11)16-18-15-12)9-3-1-2-8(4-9)7-17;7-3-1-4(8)6-5(2-3)9-11-10-6/h3-5,8-10,18,26H,1-2,6-7,11H2;2-8,15,23H,9H2,1H3;2-8,10H,9H2,1H3;2-8H,9H2,1H3;1-7,13,20H;1-7H;1-2H. The molecule has 43 heteroatoms. The van der Waals surface area contributed by atoms with Gasteiger partial charge in [-0.2, -0.15) is 39.5 Å². The van der Waals surface area contributed by atoms with Crippen molar-refractivity contribution in [1.29, 1.82) is 0 Å². The van der Waals surface area contributed by atoms with Crippen molar-refractivity contribution in [2.45, 2.75) is 75.9 Å². The van der Waals surface area contributed by atoms with Crippen LogP contribution in [-0.4, -0.2) is 158 Å². The molecule has 0 radical (unpaired) electrons. The maximum Gasteiger partial charge on any atom is 0.418 e. The van der Waals surface area contributed by atoms with E-state index in [9.17, 15) is 64.4 Å². The third-order valence-corrected chi connectivity index (χ3v) is 23.9. The van der Waals surface area contributed by atoms with Crippen LogP contribution >= 0.6 is 63.7 Å². The first kappa shape index (κ1) is 100.0. The molecule has 1 aliphatic rings. The highest BCUT2D eigenvalue weighted by molar-refractivity contribution is 9.11. The number of nitrogens with zero attached hydrogens (tertiary/aromatic N) is 18. The van der Waals surface area contributed by atoms with Gasteiger partial charge in [0, 0.05) is 71.9 Å². The lowest BCUT2D eigenvalue weighted by molar-refractivity contribution is -0.207. The normalized spacial score (nSPS) is 12.8. The summed E-state index contributed by atoms with van der Waals surface area (Å²) in [6.07, 6.45) is -17.9. The lowest BCUT2D eigenvalue weighted by atomic mass is 9.98. The third-order valence-electron chi connectivity index (χ3n) is 21.7. The highest BCUT2D eigenvalue weighted by Crippen LogP contribution is 2.41. The number of anilines is 3. The number of aliphatic hydroxyl groups excluding tert-OH is 3. The molecule has 3 unspecified atom stereocenters. The van der Waals surface area contributed by atoms with Crippen LogP contribution in [0.25, 0.3) is 111 Å². The van der Waals surface area contributed by atoms with Gasteiger partial charge in [-0.05, 0) is 305 Å². The molecule has 8 heterocycles. The molecule has 30 nitrogen and oxygen atoms in total. The Morgan fingerprint density at radius 1 is 0.321 bits per heavy atom. The Morgan fingerprint density at radius 3 is 1.17 bits per heavy atom. The minimum Gasteiger partial charge on any atom is -0.379 e. The van der Waals surface area contributed by atoms with E-state index in [0.29, 0.717) is 108 Å². The summed E-state index contributed by atoms with van der Waals surface area (Å²) in [4.78, 5) is 30.0. The fourth-order valence-corrected chi connectivity index (χ4v) is 17.1. The number of hydrogen-bond donors (Lipinski definition) is 3. The Bertz CT molecular complexity index is 7630. The SMILES string of the molecule is Brc1cc(Br)c2nonc2c1.CN(Cc1ccccc1)c1cc(Br)cc2nonc12.CN(Cc1ccccc1)c1cc(C(O)C(F)(F)F)cc2nonc12.CN(Cc1ccccc1)c1cc(C=O)cc2nonc12.O=Cc1cccc(-c2cc(Br)c3nonc3c2)c1.OC(c1cccc(-c2cc(CN3CCCC3)c3nonc3c2)c1)C(F)(F)F.OC(c1cccc(-c2ccc3nonc3c2)c1)C(F)(F)F. The molecule has 0 amide bonds. The van der Waals surface area contributed by atoms with E-state index in [1.807, 2.05) is 146 Å². The zero-order valence-electron chi connectivity index (χ0n) is 73.3. The van der Waals surface area contributed by atoms with Gasteiger partial charge < -0.3 is 30.0 Å². The predicted octanol–water partition coefficient (Wildman–Crippen LogP) is 23.5. The first-order valence-corrected chi connectivity index (χ1v) is 45.3. The number of carbonyl (C=O) groups excluding carboxylic acids is 2. The van der Waals surface area contributed by atoms with Gasteiger partial charge in [0.2, 0.25) is 0 Å². The van der Waals surface area contributed by atoms with Crippen molar-refractivity contribution in [3.05, 3.63) is 323 Å². The van der Waals surface area contributed by atoms with Gasteiger partial charge in [-0.3, -0.25) is 14.5 Å². The number of rotatable bonds is 19. The van der Waals surface area contributed by atoms with Crippen LogP contribution in [0.4, 0.5) is 56.6 Å². The van der Waals surface area contributed by atoms with E-state index in [1.165, 1.54) is 53.6 Å². The Morgan fingerprint density at radius 2 is 0.679 bits per heavy atom. The first-order valence-electron chi connectivity index (χ1n) is 42.1. The fraction of sp³-hybridized carbons (Fsp3) is 0.175. The van der Waals surface area contributed by atoms with Gasteiger partial charge in [0.1, 0.15) is 73.3 Å². The van der Waals surface area contributed by atoms with Crippen molar-refractivity contribution in [3.63, 3.8) is 0 Å². The minimum absolute atomic E-state index is 0.158. The predicted molar refractivity (Wildman–Crippen MR) is 514 cm³/mol. The summed E-state index contributed by atoms with van der Waals surface area (Å²) in [5, 5.41) is 81.5. The number of fused-ring (bicyclic) bond motifs is 7. The molecule has 1 fully saturated rings. The molecule has 20 aromatic rings. The molecule has 716 valence electrons. The molecule has 13 aromatic carbocycles. The van der Waals surface area contributed by atoms with Crippen LogP contribution in [0.2, 0.25) is 0 Å². The van der Waals surface area contributed by atoms with E-state index in [-0.39, 0.29) is 22.2 Å². The van der Waals surface area contributed by atoms with E-state index in [4.69, 9.17) is 18.5 Å². The van der Waals surface area contributed by atoms with Gasteiger partial charge in [0.05, 0.1) is 21.5 Å². The molecule has 0 aliphatic carbocycles. The summed E-state index contributed by atoms with van der Waals surface area (Å²) in [6.45, 7) is 4.66. The number of aliphatic hydroxyl groups is 3. The molecule has 7 aromatic heterocycles. The second-order valence-electron chi connectivity index (χ2n) is 31.7. The van der Waals surface area contributed by atoms with Gasteiger partial charge in [-0.15, -0.1) is 0 Å². The highest BCUT2D eigenvalue weighted by atomic mass is 79.9. The molecule has 1 aliphatic heterocycles. The van der Waals surface area contributed by atoms with Crippen molar-refractivity contribution in [2.75, 3.05) is 48.9 Å². The molecule has 140 heavy (non-hydrogen) atoms. The maximum absolute atomic E-state index is 12.8. The van der Waals surface area contributed by atoms with Crippen LogP contribution in [0, 0.1) is 0 Å². The number of alkyl halides is 9. The van der Waals surface area contributed by atoms with Gasteiger partial charge >= 0.3 is 18.5 Å². The number of halogens is 13. The molecule has 3 atom stereocenters. The smallest absolute Gasteiger partial charge is 0.379 e. The molecular formula is C97H75Br4F9N18O12. The Kier molecular flexibility index (Phi) is 32.1. The van der Waals surface area contributed by atoms with Crippen molar-refractivity contribution in [2.24, 2.45) is 0 Å². The number of carbonyl (C=O) groups is 2. The van der Waals surface area contributed by atoms with Gasteiger partial charge in [-0.1, -0.05) is 184 Å². The third kappa shape index (κ3) is 25.2. The lowest BCUT2D eigenvalue weighted by Crippen LogP contribution is -2.21. The summed E-state index contributed by atoms with van der Waals surface area (Å²) in [5.41, 5.74) is 19.8. The number of hydrogen-bond acceptors (Lipinski definition) is 30. The summed E-state index contributed by atoms with van der Waals surface area (Å²) in [6, 6.07) is 74.7. The van der Waals surface area contributed by atoms with Crippen LogP contribution in [0.15, 0.2) is 305 Å². The number of benzene rings is 13. The summed E-state index contributed by atoms with van der Waals surface area (Å²) < 4.78 is 151. The molecule has 0 spiro atoms. The maximum atomic E-state index is 12.8. The monoisotopic (exact) mass is 2170 g/mol. The lowest BCUT2D eigenvalue weighted by Gasteiger charge is -2.22. The summed E-state index contributed by atoms with van der Waals surface area (Å²) >= 11 is 13.6. The van der Waals surface area contributed by atoms with E-state index in [0.717, 1.165) is 125 Å². The van der Waals surface area contributed by atoms with Gasteiger partial charge in [0.15, 0.2) is 34.9 Å². The zero-order chi connectivity index (χ0) is 98.9. The van der Waals surface area contributed by atoms with E-state index < -0.39 is 36.8 Å². The fourth-order valence-electron chi connectivity index (χ4n) is 14.9. The quantitative estimate of drug-likeness (QED) is 0.0500. The number of aromatic nitrogens is 14. The van der Waals surface area contributed by atoms with Crippen LogP contribution in [0.5, 0.6) is 0 Å². The van der Waals surface area contributed by atoms with Crippen LogP contribution in [0.3, 0.4) is 0 Å². The molecule has 1 saturated heterocycles. The molecule has 0 bridgehead atoms. The Hall–Kier alpha value is -14.5. The summed E-state index contributed by atoms with van der Waals surface area (Å²) in [5.74, 6) is 0. The van der Waals surface area contributed by atoms with Crippen LogP contribution in [-0.2, 0) is 26.2 Å². The zero-order valence-corrected chi connectivity index (χ0v) is 79.6. The van der Waals surface area contributed by atoms with Crippen molar-refractivity contribution >= 4 is 171 Å². The van der Waals surface area contributed by atoms with Crippen LogP contribution < -0.4 is 14.7 Å². The molecule has 0 saturated carbocycles.